The summed E-state index contributed by atoms with van der Waals surface area (Å²) in [6.45, 7) is -0.424. The van der Waals surface area contributed by atoms with Crippen LogP contribution in [-0.2, 0) is 4.74 Å². The van der Waals surface area contributed by atoms with Crippen LogP contribution in [0, 0.1) is 17.5 Å². The maximum atomic E-state index is 13.4. The molecule has 0 radical (unpaired) electrons. The number of cyclic esters (lactones) is 1. The van der Waals surface area contributed by atoms with E-state index in [0.29, 0.717) is 17.3 Å². The fourth-order valence-corrected chi connectivity index (χ4v) is 3.55. The molecule has 1 aliphatic heterocycles. The van der Waals surface area contributed by atoms with Gasteiger partial charge in [-0.15, -0.1) is 0 Å². The Labute approximate surface area is 181 Å². The highest BCUT2D eigenvalue weighted by molar-refractivity contribution is 5.91. The van der Waals surface area contributed by atoms with E-state index in [4.69, 9.17) is 9.47 Å². The molecule has 3 unspecified atom stereocenters. The molecule has 3 aromatic carbocycles. The van der Waals surface area contributed by atoms with Crippen molar-refractivity contribution < 1.29 is 37.7 Å². The van der Waals surface area contributed by atoms with E-state index in [0.717, 1.165) is 12.1 Å². The van der Waals surface area contributed by atoms with Gasteiger partial charge in [-0.2, -0.15) is 0 Å². The van der Waals surface area contributed by atoms with Crippen LogP contribution < -0.4 is 9.64 Å². The number of anilines is 1. The minimum absolute atomic E-state index is 0.000821. The summed E-state index contributed by atoms with van der Waals surface area (Å²) in [7, 11) is 0. The molecule has 166 valence electrons. The van der Waals surface area contributed by atoms with Gasteiger partial charge in [0.1, 0.15) is 47.7 Å². The lowest BCUT2D eigenvalue weighted by Crippen LogP contribution is -2.38. The topological polar surface area (TPSA) is 79.2 Å². The fraction of sp³-hybridized carbons (Fsp3) is 0.174. The Balaban J connectivity index is 1.62. The first-order valence-electron chi connectivity index (χ1n) is 9.63. The molecule has 0 spiro atoms. The number of phenolic OH excluding ortho intramolecular Hbond substituents is 1. The lowest BCUT2D eigenvalue weighted by atomic mass is 9.96. The van der Waals surface area contributed by atoms with Gasteiger partial charge in [0.2, 0.25) is 0 Å². The first-order valence-corrected chi connectivity index (χ1v) is 9.63. The van der Waals surface area contributed by atoms with Crippen molar-refractivity contribution in [2.24, 2.45) is 0 Å². The summed E-state index contributed by atoms with van der Waals surface area (Å²) in [5, 5.41) is 20.3. The first kappa shape index (κ1) is 21.5. The predicted octanol–water partition coefficient (Wildman–Crippen LogP) is 4.32. The highest BCUT2D eigenvalue weighted by atomic mass is 19.1. The summed E-state index contributed by atoms with van der Waals surface area (Å²) in [5.74, 6) is -2.31. The van der Waals surface area contributed by atoms with Gasteiger partial charge in [-0.25, -0.2) is 18.0 Å². The number of aliphatic hydroxyl groups is 1. The Bertz CT molecular complexity index is 1090. The van der Waals surface area contributed by atoms with E-state index in [1.54, 1.807) is 12.1 Å². The fourth-order valence-electron chi connectivity index (χ4n) is 3.55. The van der Waals surface area contributed by atoms with Crippen molar-refractivity contribution >= 4 is 11.8 Å². The third kappa shape index (κ3) is 4.47. The molecule has 0 bridgehead atoms. The second kappa shape index (κ2) is 8.80. The molecule has 1 aliphatic rings. The molecule has 0 aromatic heterocycles. The number of benzene rings is 3. The van der Waals surface area contributed by atoms with E-state index in [1.165, 1.54) is 41.3 Å². The van der Waals surface area contributed by atoms with Crippen LogP contribution in [-0.4, -0.2) is 35.1 Å². The molecule has 6 nitrogen and oxygen atoms in total. The number of halogens is 3. The van der Waals surface area contributed by atoms with E-state index in [-0.39, 0.29) is 11.5 Å². The molecule has 9 heteroatoms. The Morgan fingerprint density at radius 1 is 0.938 bits per heavy atom. The van der Waals surface area contributed by atoms with Gasteiger partial charge in [0.05, 0.1) is 0 Å². The Hall–Kier alpha value is -3.72. The largest absolute Gasteiger partial charge is 0.508 e. The van der Waals surface area contributed by atoms with E-state index in [2.05, 4.69) is 0 Å². The lowest BCUT2D eigenvalue weighted by Gasteiger charge is -2.27. The molecule has 2 N–H and O–H groups in total. The highest BCUT2D eigenvalue weighted by Crippen LogP contribution is 2.39. The molecular formula is C23H18F3NO5. The monoisotopic (exact) mass is 445 g/mol. The van der Waals surface area contributed by atoms with Gasteiger partial charge in [0.25, 0.3) is 0 Å². The number of carbonyl (C=O) groups excluding carboxylic acids is 1. The quantitative estimate of drug-likeness (QED) is 0.591. The first-order chi connectivity index (χ1) is 15.3. The second-order valence-corrected chi connectivity index (χ2v) is 7.21. The summed E-state index contributed by atoms with van der Waals surface area (Å²) in [6.07, 6.45) is -3.29. The maximum Gasteiger partial charge on any atom is 0.415 e. The van der Waals surface area contributed by atoms with E-state index >= 15 is 0 Å². The van der Waals surface area contributed by atoms with Crippen LogP contribution in [0.5, 0.6) is 11.5 Å². The molecule has 1 saturated heterocycles. The summed E-state index contributed by atoms with van der Waals surface area (Å²) in [4.78, 5) is 13.9. The Morgan fingerprint density at radius 2 is 1.56 bits per heavy atom. The van der Waals surface area contributed by atoms with Gasteiger partial charge in [-0.05, 0) is 42.0 Å². The van der Waals surface area contributed by atoms with Crippen LogP contribution in [0.3, 0.4) is 0 Å². The number of rotatable bonds is 6. The number of nitrogens with zero attached hydrogens (tertiary/aromatic N) is 1. The predicted molar refractivity (Wildman–Crippen MR) is 108 cm³/mol. The van der Waals surface area contributed by atoms with Gasteiger partial charge >= 0.3 is 6.09 Å². The Morgan fingerprint density at radius 3 is 2.19 bits per heavy atom. The lowest BCUT2D eigenvalue weighted by molar-refractivity contribution is -0.00656. The Kier molecular flexibility index (Phi) is 5.91. The molecule has 3 aromatic rings. The number of phenols is 1. The molecule has 1 fully saturated rings. The summed E-state index contributed by atoms with van der Waals surface area (Å²) in [5.41, 5.74) is 0.858. The SMILES string of the molecule is O=C1OC(C(O)COc2cc(F)cc(F)c2)C(c2ccc(O)cc2)N1c1ccc(F)cc1. The standard InChI is InChI=1S/C23H18F3NO5/c24-14-3-5-17(6-4-14)27-21(13-1-7-18(28)8-2-13)22(32-23(27)30)20(29)12-31-19-10-15(25)9-16(26)11-19/h1-11,20-22,28-29H,12H2. The number of ether oxygens (including phenoxy) is 2. The minimum Gasteiger partial charge on any atom is -0.508 e. The molecular weight excluding hydrogens is 427 g/mol. The van der Waals surface area contributed by atoms with Gasteiger partial charge < -0.3 is 19.7 Å². The zero-order valence-electron chi connectivity index (χ0n) is 16.5. The average molecular weight is 445 g/mol. The van der Waals surface area contributed by atoms with Gasteiger partial charge in [-0.3, -0.25) is 4.90 Å². The van der Waals surface area contributed by atoms with E-state index in [9.17, 15) is 28.2 Å². The van der Waals surface area contributed by atoms with Crippen LogP contribution in [0.1, 0.15) is 11.6 Å². The summed E-state index contributed by atoms with van der Waals surface area (Å²) in [6, 6.07) is 12.8. The van der Waals surface area contributed by atoms with Crippen molar-refractivity contribution in [2.75, 3.05) is 11.5 Å². The number of carbonyl (C=O) groups is 1. The van der Waals surface area contributed by atoms with Gasteiger partial charge in [0, 0.05) is 23.9 Å². The molecule has 32 heavy (non-hydrogen) atoms. The van der Waals surface area contributed by atoms with Crippen LogP contribution in [0.25, 0.3) is 0 Å². The van der Waals surface area contributed by atoms with Gasteiger partial charge in [0.15, 0.2) is 6.10 Å². The summed E-state index contributed by atoms with van der Waals surface area (Å²) >= 11 is 0. The number of aromatic hydroxyl groups is 1. The number of amides is 1. The third-order valence-electron chi connectivity index (χ3n) is 5.00. The van der Waals surface area contributed by atoms with E-state index in [1.807, 2.05) is 0 Å². The van der Waals surface area contributed by atoms with Gasteiger partial charge in [-0.1, -0.05) is 12.1 Å². The number of hydrogen-bond donors (Lipinski definition) is 2. The van der Waals surface area contributed by atoms with Crippen LogP contribution in [0.2, 0.25) is 0 Å². The van der Waals surface area contributed by atoms with Crippen molar-refractivity contribution in [3.63, 3.8) is 0 Å². The molecule has 1 heterocycles. The highest BCUT2D eigenvalue weighted by Gasteiger charge is 2.47. The van der Waals surface area contributed by atoms with Crippen LogP contribution in [0.4, 0.5) is 23.7 Å². The number of aliphatic hydroxyl groups excluding tert-OH is 1. The molecule has 0 saturated carbocycles. The van der Waals surface area contributed by atoms with Crippen LogP contribution >= 0.6 is 0 Å². The normalized spacial score (nSPS) is 19.0. The van der Waals surface area contributed by atoms with Crippen LogP contribution in [0.15, 0.2) is 66.7 Å². The second-order valence-electron chi connectivity index (χ2n) is 7.21. The molecule has 4 rings (SSSR count). The third-order valence-corrected chi connectivity index (χ3v) is 5.00. The smallest absolute Gasteiger partial charge is 0.415 e. The van der Waals surface area contributed by atoms with E-state index < -0.39 is 48.4 Å². The van der Waals surface area contributed by atoms with Crippen molar-refractivity contribution in [3.05, 3.63) is 89.7 Å². The number of hydrogen-bond acceptors (Lipinski definition) is 5. The zero-order chi connectivity index (χ0) is 22.8. The van der Waals surface area contributed by atoms with Crippen molar-refractivity contribution in [2.45, 2.75) is 18.2 Å². The van der Waals surface area contributed by atoms with Crippen molar-refractivity contribution in [1.82, 2.24) is 0 Å². The maximum absolute atomic E-state index is 13.4. The van der Waals surface area contributed by atoms with Crippen molar-refractivity contribution in [3.8, 4) is 11.5 Å². The molecule has 1 amide bonds. The summed E-state index contributed by atoms with van der Waals surface area (Å²) < 4.78 is 50.9. The zero-order valence-corrected chi connectivity index (χ0v) is 16.5. The van der Waals surface area contributed by atoms with Crippen molar-refractivity contribution in [1.29, 1.82) is 0 Å². The molecule has 3 atom stereocenters. The minimum atomic E-state index is -1.38. The molecule has 0 aliphatic carbocycles. The average Bonchev–Trinajstić information content (AvgIpc) is 3.10.